The van der Waals surface area contributed by atoms with Crippen LogP contribution >= 0.6 is 11.6 Å². The molecule has 2 aromatic carbocycles. The summed E-state index contributed by atoms with van der Waals surface area (Å²) < 4.78 is 5.24. The number of ether oxygens (including phenoxy) is 1. The molecule has 1 aromatic heterocycles. The van der Waals surface area contributed by atoms with Crippen LogP contribution in [0.5, 0.6) is 5.75 Å². The molecule has 5 rings (SSSR count). The molecule has 3 heterocycles. The molecule has 188 valence electrons. The SMILES string of the molecule is COc1ccc(N2CCN(c3ncnc(N4CCN(c5cccc(Cl)c5)CC4)c3[N+](=O)[O-])CC2)cc1. The van der Waals surface area contributed by atoms with Gasteiger partial charge in [-0.05, 0) is 42.5 Å². The minimum Gasteiger partial charge on any atom is -0.497 e. The number of hydrogen-bond donors (Lipinski definition) is 0. The van der Waals surface area contributed by atoms with Crippen molar-refractivity contribution >= 4 is 40.3 Å². The van der Waals surface area contributed by atoms with Gasteiger partial charge in [0.15, 0.2) is 0 Å². The number of aromatic nitrogens is 2. The summed E-state index contributed by atoms with van der Waals surface area (Å²) in [4.78, 5) is 29.1. The fourth-order valence-corrected chi connectivity index (χ4v) is 4.99. The van der Waals surface area contributed by atoms with E-state index in [1.807, 2.05) is 58.3 Å². The monoisotopic (exact) mass is 509 g/mol. The normalized spacial score (nSPS) is 16.3. The van der Waals surface area contributed by atoms with Gasteiger partial charge >= 0.3 is 5.69 Å². The molecule has 2 fully saturated rings. The number of anilines is 4. The van der Waals surface area contributed by atoms with E-state index in [4.69, 9.17) is 16.3 Å². The van der Waals surface area contributed by atoms with Gasteiger partial charge in [0.1, 0.15) is 12.1 Å². The van der Waals surface area contributed by atoms with Crippen LogP contribution in [0.2, 0.25) is 5.02 Å². The lowest BCUT2D eigenvalue weighted by Crippen LogP contribution is -2.48. The molecule has 2 saturated heterocycles. The highest BCUT2D eigenvalue weighted by atomic mass is 35.5. The summed E-state index contributed by atoms with van der Waals surface area (Å²) >= 11 is 6.15. The molecule has 0 N–H and O–H groups in total. The van der Waals surface area contributed by atoms with Gasteiger partial charge in [0.2, 0.25) is 11.6 Å². The van der Waals surface area contributed by atoms with Crippen LogP contribution in [-0.2, 0) is 0 Å². The van der Waals surface area contributed by atoms with Crippen LogP contribution in [0.4, 0.5) is 28.7 Å². The van der Waals surface area contributed by atoms with Crippen LogP contribution < -0.4 is 24.3 Å². The van der Waals surface area contributed by atoms with E-state index in [0.29, 0.717) is 42.8 Å². The third-order valence-electron chi connectivity index (χ3n) is 6.74. The fraction of sp³-hybridized carbons (Fsp3) is 0.360. The van der Waals surface area contributed by atoms with E-state index in [0.717, 1.165) is 43.3 Å². The molecule has 2 aliphatic heterocycles. The molecule has 0 radical (unpaired) electrons. The smallest absolute Gasteiger partial charge is 0.353 e. The van der Waals surface area contributed by atoms with Crippen molar-refractivity contribution in [2.75, 3.05) is 79.1 Å². The summed E-state index contributed by atoms with van der Waals surface area (Å²) in [5.74, 6) is 1.58. The maximum absolute atomic E-state index is 12.2. The first-order chi connectivity index (χ1) is 17.5. The quantitative estimate of drug-likeness (QED) is 0.364. The molecule has 0 spiro atoms. The van der Waals surface area contributed by atoms with Crippen LogP contribution in [-0.4, -0.2) is 74.4 Å². The van der Waals surface area contributed by atoms with Crippen molar-refractivity contribution in [2.24, 2.45) is 0 Å². The Morgan fingerprint density at radius 1 is 0.806 bits per heavy atom. The Hall–Kier alpha value is -3.79. The molecule has 11 heteroatoms. The Morgan fingerprint density at radius 2 is 1.33 bits per heavy atom. The van der Waals surface area contributed by atoms with Crippen molar-refractivity contribution < 1.29 is 9.66 Å². The Labute approximate surface area is 214 Å². The zero-order valence-electron chi connectivity index (χ0n) is 20.1. The molecular weight excluding hydrogens is 482 g/mol. The third-order valence-corrected chi connectivity index (χ3v) is 6.97. The van der Waals surface area contributed by atoms with Crippen LogP contribution in [0.3, 0.4) is 0 Å². The van der Waals surface area contributed by atoms with Gasteiger partial charge in [-0.1, -0.05) is 17.7 Å². The van der Waals surface area contributed by atoms with Gasteiger partial charge in [-0.3, -0.25) is 10.1 Å². The lowest BCUT2D eigenvalue weighted by Gasteiger charge is -2.38. The molecule has 0 amide bonds. The van der Waals surface area contributed by atoms with E-state index >= 15 is 0 Å². The first kappa shape index (κ1) is 23.9. The molecular formula is C25H28ClN7O3. The van der Waals surface area contributed by atoms with E-state index in [9.17, 15) is 10.1 Å². The van der Waals surface area contributed by atoms with Gasteiger partial charge in [-0.15, -0.1) is 0 Å². The maximum atomic E-state index is 12.2. The van der Waals surface area contributed by atoms with Crippen molar-refractivity contribution in [3.63, 3.8) is 0 Å². The predicted molar refractivity (Wildman–Crippen MR) is 142 cm³/mol. The molecule has 0 unspecified atom stereocenters. The van der Waals surface area contributed by atoms with Crippen molar-refractivity contribution in [2.45, 2.75) is 0 Å². The second-order valence-electron chi connectivity index (χ2n) is 8.75. The Bertz CT molecular complexity index is 1210. The first-order valence-corrected chi connectivity index (χ1v) is 12.3. The third kappa shape index (κ3) is 4.94. The largest absolute Gasteiger partial charge is 0.497 e. The van der Waals surface area contributed by atoms with Crippen molar-refractivity contribution in [3.05, 3.63) is 70.0 Å². The number of piperazine rings is 2. The van der Waals surface area contributed by atoms with Crippen LogP contribution in [0.1, 0.15) is 0 Å². The fourth-order valence-electron chi connectivity index (χ4n) is 4.81. The average molecular weight is 510 g/mol. The van der Waals surface area contributed by atoms with E-state index < -0.39 is 0 Å². The topological polar surface area (TPSA) is 91.1 Å². The van der Waals surface area contributed by atoms with Gasteiger partial charge in [0, 0.05) is 68.8 Å². The molecule has 0 aliphatic carbocycles. The van der Waals surface area contributed by atoms with Crippen LogP contribution in [0.15, 0.2) is 54.9 Å². The van der Waals surface area contributed by atoms with Gasteiger partial charge in [-0.2, -0.15) is 0 Å². The Morgan fingerprint density at radius 3 is 1.83 bits per heavy atom. The van der Waals surface area contributed by atoms with Crippen LogP contribution in [0, 0.1) is 10.1 Å². The summed E-state index contributed by atoms with van der Waals surface area (Å²) in [6, 6.07) is 15.7. The van der Waals surface area contributed by atoms with E-state index in [-0.39, 0.29) is 10.6 Å². The number of benzene rings is 2. The minimum atomic E-state index is -0.343. The molecule has 3 aromatic rings. The number of nitro groups is 1. The second kappa shape index (κ2) is 10.4. The summed E-state index contributed by atoms with van der Waals surface area (Å²) in [7, 11) is 1.65. The molecule has 2 aliphatic rings. The summed E-state index contributed by atoms with van der Waals surface area (Å²) in [6.07, 6.45) is 1.44. The zero-order chi connectivity index (χ0) is 25.1. The summed E-state index contributed by atoms with van der Waals surface area (Å²) in [6.45, 7) is 5.42. The lowest BCUT2D eigenvalue weighted by atomic mass is 10.2. The Balaban J connectivity index is 1.29. The number of hydrogen-bond acceptors (Lipinski definition) is 9. The highest BCUT2D eigenvalue weighted by molar-refractivity contribution is 6.30. The molecule has 0 bridgehead atoms. The Kier molecular flexibility index (Phi) is 6.95. The lowest BCUT2D eigenvalue weighted by molar-refractivity contribution is -0.383. The highest BCUT2D eigenvalue weighted by Crippen LogP contribution is 2.36. The second-order valence-corrected chi connectivity index (χ2v) is 9.19. The van der Waals surface area contributed by atoms with Gasteiger partial charge < -0.3 is 24.3 Å². The minimum absolute atomic E-state index is 0.0217. The molecule has 0 saturated carbocycles. The van der Waals surface area contributed by atoms with E-state index in [2.05, 4.69) is 19.8 Å². The summed E-state index contributed by atoms with van der Waals surface area (Å²) in [5.41, 5.74) is 2.13. The average Bonchev–Trinajstić information content (AvgIpc) is 2.93. The molecule has 0 atom stereocenters. The number of methoxy groups -OCH3 is 1. The van der Waals surface area contributed by atoms with Crippen molar-refractivity contribution in [3.8, 4) is 5.75 Å². The predicted octanol–water partition coefficient (Wildman–Crippen LogP) is 3.70. The van der Waals surface area contributed by atoms with Crippen molar-refractivity contribution in [1.29, 1.82) is 0 Å². The van der Waals surface area contributed by atoms with E-state index in [1.54, 1.807) is 7.11 Å². The first-order valence-electron chi connectivity index (χ1n) is 11.9. The molecule has 36 heavy (non-hydrogen) atoms. The molecule has 10 nitrogen and oxygen atoms in total. The summed E-state index contributed by atoms with van der Waals surface area (Å²) in [5, 5.41) is 12.9. The van der Waals surface area contributed by atoms with Gasteiger partial charge in [0.05, 0.1) is 12.0 Å². The van der Waals surface area contributed by atoms with Gasteiger partial charge in [-0.25, -0.2) is 9.97 Å². The van der Waals surface area contributed by atoms with Crippen molar-refractivity contribution in [1.82, 2.24) is 9.97 Å². The zero-order valence-corrected chi connectivity index (χ0v) is 20.8. The van der Waals surface area contributed by atoms with E-state index in [1.165, 1.54) is 6.33 Å². The van der Waals surface area contributed by atoms with Crippen LogP contribution in [0.25, 0.3) is 0 Å². The number of nitrogens with zero attached hydrogens (tertiary/aromatic N) is 7. The standard InChI is InChI=1S/C25H28ClN7O3/c1-36-22-7-5-20(6-8-22)29-9-13-31(14-10-29)24-23(33(34)35)25(28-18-27-24)32-15-11-30(12-16-32)21-4-2-3-19(26)17-21/h2-8,17-18H,9-16H2,1H3. The number of halogens is 1. The van der Waals surface area contributed by atoms with Gasteiger partial charge in [0.25, 0.3) is 0 Å². The maximum Gasteiger partial charge on any atom is 0.353 e. The number of rotatable bonds is 6. The highest BCUT2D eigenvalue weighted by Gasteiger charge is 2.33.